The number of cyclic esters (lactones) is 1. The number of nitrogens with one attached hydrogen (secondary N) is 1. The van der Waals surface area contributed by atoms with Crippen LogP contribution in [0, 0.1) is 5.92 Å². The third-order valence-electron chi connectivity index (χ3n) is 4.73. The van der Waals surface area contributed by atoms with Crippen LogP contribution in [0.15, 0.2) is 42.5 Å². The first-order chi connectivity index (χ1) is 14.1. The average Bonchev–Trinajstić information content (AvgIpc) is 2.73. The lowest BCUT2D eigenvalue weighted by molar-refractivity contribution is -0.144. The number of aliphatic hydroxyl groups excluding tert-OH is 1. The zero-order valence-corrected chi connectivity index (χ0v) is 16.7. The van der Waals surface area contributed by atoms with Crippen LogP contribution >= 0.6 is 0 Å². The predicted molar refractivity (Wildman–Crippen MR) is 109 cm³/mol. The standard InChI is InChI=1S/C22H30N2O5/c25-14-13-24(17-18-8-4-3-5-9-18)20(26)16-19-10-6-1-2-7-11-21(27)29-15-12-23-22(19)28/h1,3-6,8-9,19,25H,2,7,10-17H2,(H,23,28)/b6-1-/t19-/m0/s1. The number of aliphatic hydroxyl groups is 1. The van der Waals surface area contributed by atoms with Gasteiger partial charge in [-0.15, -0.1) is 0 Å². The van der Waals surface area contributed by atoms with E-state index in [0.29, 0.717) is 25.8 Å². The topological polar surface area (TPSA) is 95.9 Å². The van der Waals surface area contributed by atoms with Crippen LogP contribution in [0.5, 0.6) is 0 Å². The zero-order chi connectivity index (χ0) is 20.9. The quantitative estimate of drug-likeness (QED) is 0.559. The van der Waals surface area contributed by atoms with Crippen molar-refractivity contribution in [2.24, 2.45) is 5.92 Å². The van der Waals surface area contributed by atoms with Gasteiger partial charge in [-0.2, -0.15) is 0 Å². The highest BCUT2D eigenvalue weighted by molar-refractivity contribution is 5.86. The lowest BCUT2D eigenvalue weighted by atomic mass is 9.98. The van der Waals surface area contributed by atoms with Gasteiger partial charge in [-0.1, -0.05) is 42.5 Å². The molecule has 1 heterocycles. The summed E-state index contributed by atoms with van der Waals surface area (Å²) in [6.07, 6.45) is 6.12. The Morgan fingerprint density at radius 2 is 2.00 bits per heavy atom. The van der Waals surface area contributed by atoms with Gasteiger partial charge in [0.15, 0.2) is 0 Å². The molecule has 2 rings (SSSR count). The van der Waals surface area contributed by atoms with Crippen LogP contribution in [0.2, 0.25) is 0 Å². The molecule has 0 fully saturated rings. The van der Waals surface area contributed by atoms with Crippen LogP contribution in [-0.4, -0.2) is 54.1 Å². The highest BCUT2D eigenvalue weighted by Gasteiger charge is 2.24. The Kier molecular flexibility index (Phi) is 9.92. The SMILES string of the molecule is O=C1CCC/C=C\C[C@@H](CC(=O)N(CCO)Cc2ccccc2)C(=O)NCCO1. The Bertz CT molecular complexity index is 690. The second kappa shape index (κ2) is 12.7. The Hall–Kier alpha value is -2.67. The average molecular weight is 402 g/mol. The van der Waals surface area contributed by atoms with Crippen molar-refractivity contribution < 1.29 is 24.2 Å². The highest BCUT2D eigenvalue weighted by atomic mass is 16.5. The van der Waals surface area contributed by atoms with E-state index in [4.69, 9.17) is 4.74 Å². The maximum Gasteiger partial charge on any atom is 0.305 e. The molecule has 0 unspecified atom stereocenters. The molecular formula is C22H30N2O5. The van der Waals surface area contributed by atoms with E-state index in [2.05, 4.69) is 5.32 Å². The largest absolute Gasteiger partial charge is 0.464 e. The molecule has 0 bridgehead atoms. The van der Waals surface area contributed by atoms with Crippen LogP contribution in [0.4, 0.5) is 0 Å². The molecule has 29 heavy (non-hydrogen) atoms. The molecule has 0 saturated heterocycles. The highest BCUT2D eigenvalue weighted by Crippen LogP contribution is 2.15. The Labute approximate surface area is 171 Å². The second-order valence-corrected chi connectivity index (χ2v) is 7.04. The van der Waals surface area contributed by atoms with Crippen molar-refractivity contribution in [1.29, 1.82) is 0 Å². The molecule has 0 saturated carbocycles. The Balaban J connectivity index is 2.01. The molecule has 1 atom stereocenters. The van der Waals surface area contributed by atoms with Gasteiger partial charge >= 0.3 is 5.97 Å². The van der Waals surface area contributed by atoms with Crippen LogP contribution in [0.25, 0.3) is 0 Å². The lowest BCUT2D eigenvalue weighted by Gasteiger charge is -2.24. The summed E-state index contributed by atoms with van der Waals surface area (Å²) >= 11 is 0. The zero-order valence-electron chi connectivity index (χ0n) is 16.7. The van der Waals surface area contributed by atoms with Gasteiger partial charge in [0.05, 0.1) is 19.1 Å². The monoisotopic (exact) mass is 402 g/mol. The van der Waals surface area contributed by atoms with Gasteiger partial charge in [0, 0.05) is 25.9 Å². The molecule has 7 heteroatoms. The van der Waals surface area contributed by atoms with Crippen molar-refractivity contribution in [1.82, 2.24) is 10.2 Å². The summed E-state index contributed by atoms with van der Waals surface area (Å²) in [7, 11) is 0. The third-order valence-corrected chi connectivity index (χ3v) is 4.73. The minimum absolute atomic E-state index is 0.0583. The van der Waals surface area contributed by atoms with Gasteiger partial charge in [0.1, 0.15) is 6.61 Å². The fourth-order valence-electron chi connectivity index (χ4n) is 3.14. The number of nitrogens with zero attached hydrogens (tertiary/aromatic N) is 1. The molecule has 0 radical (unpaired) electrons. The number of amides is 2. The van der Waals surface area contributed by atoms with E-state index in [1.165, 1.54) is 0 Å². The summed E-state index contributed by atoms with van der Waals surface area (Å²) in [5, 5.41) is 12.1. The van der Waals surface area contributed by atoms with Crippen molar-refractivity contribution in [3.05, 3.63) is 48.0 Å². The van der Waals surface area contributed by atoms with E-state index in [1.54, 1.807) is 4.90 Å². The molecule has 1 aromatic rings. The maximum atomic E-state index is 12.9. The van der Waals surface area contributed by atoms with Crippen molar-refractivity contribution in [2.45, 2.75) is 38.6 Å². The van der Waals surface area contributed by atoms with E-state index in [-0.39, 0.29) is 50.5 Å². The number of hydrogen-bond acceptors (Lipinski definition) is 5. The van der Waals surface area contributed by atoms with Crippen molar-refractivity contribution in [3.63, 3.8) is 0 Å². The fraction of sp³-hybridized carbons (Fsp3) is 0.500. The summed E-state index contributed by atoms with van der Waals surface area (Å²) in [5.74, 6) is -1.18. The number of benzene rings is 1. The first-order valence-corrected chi connectivity index (χ1v) is 10.1. The van der Waals surface area contributed by atoms with E-state index >= 15 is 0 Å². The van der Waals surface area contributed by atoms with Gasteiger partial charge in [-0.25, -0.2) is 0 Å². The Morgan fingerprint density at radius 1 is 1.21 bits per heavy atom. The molecule has 158 valence electrons. The van der Waals surface area contributed by atoms with Gasteiger partial charge in [-0.05, 0) is 24.8 Å². The molecule has 0 aromatic heterocycles. The number of carbonyl (C=O) groups is 3. The molecular weight excluding hydrogens is 372 g/mol. The number of carbonyl (C=O) groups excluding carboxylic acids is 3. The molecule has 2 amide bonds. The molecule has 0 spiro atoms. The van der Waals surface area contributed by atoms with E-state index in [1.807, 2.05) is 42.5 Å². The first kappa shape index (κ1) is 22.6. The number of allylic oxidation sites excluding steroid dienone is 2. The van der Waals surface area contributed by atoms with Gasteiger partial charge in [0.25, 0.3) is 0 Å². The van der Waals surface area contributed by atoms with Gasteiger partial charge in [-0.3, -0.25) is 14.4 Å². The van der Waals surface area contributed by atoms with Crippen molar-refractivity contribution in [2.75, 3.05) is 26.3 Å². The Morgan fingerprint density at radius 3 is 2.76 bits per heavy atom. The molecule has 7 nitrogen and oxygen atoms in total. The summed E-state index contributed by atoms with van der Waals surface area (Å²) in [6, 6.07) is 9.55. The number of ether oxygens (including phenoxy) is 1. The molecule has 2 N–H and O–H groups in total. The minimum Gasteiger partial charge on any atom is -0.464 e. The number of hydrogen-bond donors (Lipinski definition) is 2. The minimum atomic E-state index is -0.507. The van der Waals surface area contributed by atoms with Gasteiger partial charge < -0.3 is 20.1 Å². The normalized spacial score (nSPS) is 19.7. The molecule has 1 aliphatic rings. The molecule has 1 aromatic carbocycles. The fourth-order valence-corrected chi connectivity index (χ4v) is 3.14. The summed E-state index contributed by atoms with van der Waals surface area (Å²) in [4.78, 5) is 38.5. The van der Waals surface area contributed by atoms with E-state index < -0.39 is 5.92 Å². The smallest absolute Gasteiger partial charge is 0.305 e. The van der Waals surface area contributed by atoms with Crippen LogP contribution in [-0.2, 0) is 25.7 Å². The second-order valence-electron chi connectivity index (χ2n) is 7.04. The van der Waals surface area contributed by atoms with Crippen LogP contribution in [0.1, 0.15) is 37.7 Å². The third kappa shape index (κ3) is 8.48. The van der Waals surface area contributed by atoms with Crippen molar-refractivity contribution in [3.8, 4) is 0 Å². The van der Waals surface area contributed by atoms with E-state index in [0.717, 1.165) is 12.0 Å². The summed E-state index contributed by atoms with van der Waals surface area (Å²) in [6.45, 7) is 0.821. The maximum absolute atomic E-state index is 12.9. The number of rotatable bonds is 6. The summed E-state index contributed by atoms with van der Waals surface area (Å²) in [5.41, 5.74) is 0.968. The van der Waals surface area contributed by atoms with E-state index in [9.17, 15) is 19.5 Å². The summed E-state index contributed by atoms with van der Waals surface area (Å²) < 4.78 is 5.08. The first-order valence-electron chi connectivity index (χ1n) is 10.1. The lowest BCUT2D eigenvalue weighted by Crippen LogP contribution is -2.39. The molecule has 1 aliphatic heterocycles. The van der Waals surface area contributed by atoms with Crippen molar-refractivity contribution >= 4 is 17.8 Å². The van der Waals surface area contributed by atoms with Gasteiger partial charge in [0.2, 0.25) is 11.8 Å². The van der Waals surface area contributed by atoms with Crippen LogP contribution in [0.3, 0.4) is 0 Å². The predicted octanol–water partition coefficient (Wildman–Crippen LogP) is 1.80. The van der Waals surface area contributed by atoms with Crippen LogP contribution < -0.4 is 5.32 Å². The molecule has 0 aliphatic carbocycles. The number of esters is 1.